The van der Waals surface area contributed by atoms with Gasteiger partial charge in [-0.15, -0.1) is 0 Å². The summed E-state index contributed by atoms with van der Waals surface area (Å²) < 4.78 is 37.9. The van der Waals surface area contributed by atoms with E-state index in [2.05, 4.69) is 9.97 Å². The topological polar surface area (TPSA) is 49.2 Å². The van der Waals surface area contributed by atoms with Crippen LogP contribution in [0.1, 0.15) is 19.2 Å². The van der Waals surface area contributed by atoms with E-state index in [0.717, 1.165) is 6.42 Å². The van der Waals surface area contributed by atoms with Crippen LogP contribution >= 0.6 is 11.6 Å². The van der Waals surface area contributed by atoms with Crippen LogP contribution in [0.25, 0.3) is 0 Å². The van der Waals surface area contributed by atoms with Crippen LogP contribution in [0.4, 0.5) is 19.0 Å². The zero-order valence-corrected chi connectivity index (χ0v) is 10.9. The van der Waals surface area contributed by atoms with Crippen molar-refractivity contribution in [3.05, 3.63) is 17.0 Å². The lowest BCUT2D eigenvalue weighted by atomic mass is 10.0. The number of aliphatic hydroxyl groups is 1. The Balaban J connectivity index is 2.37. The fourth-order valence-corrected chi connectivity index (χ4v) is 2.43. The number of hydrogen-bond donors (Lipinski definition) is 1. The molecule has 0 aromatic carbocycles. The molecule has 2 unspecified atom stereocenters. The average Bonchev–Trinajstić information content (AvgIpc) is 2.68. The van der Waals surface area contributed by atoms with Crippen molar-refractivity contribution in [1.29, 1.82) is 0 Å². The van der Waals surface area contributed by atoms with Crippen molar-refractivity contribution in [2.24, 2.45) is 5.92 Å². The predicted octanol–water partition coefficient (Wildman–Crippen LogP) is 2.36. The van der Waals surface area contributed by atoms with Gasteiger partial charge < -0.3 is 10.0 Å². The quantitative estimate of drug-likeness (QED) is 0.851. The molecular formula is C11H13ClF3N3O. The fourth-order valence-electron chi connectivity index (χ4n) is 2.25. The summed E-state index contributed by atoms with van der Waals surface area (Å²) in [5.41, 5.74) is 0. The Labute approximate surface area is 113 Å². The number of aromatic nitrogens is 2. The number of hydrogen-bond acceptors (Lipinski definition) is 4. The van der Waals surface area contributed by atoms with Gasteiger partial charge in [-0.3, -0.25) is 0 Å². The molecule has 0 amide bonds. The molecule has 1 aliphatic heterocycles. The average molecular weight is 296 g/mol. The van der Waals surface area contributed by atoms with Gasteiger partial charge in [0.15, 0.2) is 0 Å². The Morgan fingerprint density at radius 1 is 1.47 bits per heavy atom. The van der Waals surface area contributed by atoms with Gasteiger partial charge in [0.05, 0.1) is 12.6 Å². The molecule has 0 radical (unpaired) electrons. The van der Waals surface area contributed by atoms with Gasteiger partial charge in [-0.25, -0.2) is 9.97 Å². The first-order valence-corrected chi connectivity index (χ1v) is 6.20. The minimum atomic E-state index is -4.64. The summed E-state index contributed by atoms with van der Waals surface area (Å²) in [7, 11) is 0. The lowest BCUT2D eigenvalue weighted by Crippen LogP contribution is -2.36. The van der Waals surface area contributed by atoms with Gasteiger partial charge >= 0.3 is 6.18 Å². The van der Waals surface area contributed by atoms with Crippen molar-refractivity contribution < 1.29 is 18.3 Å². The number of nitrogens with zero attached hydrogens (tertiary/aromatic N) is 3. The maximum Gasteiger partial charge on any atom is 0.451 e. The van der Waals surface area contributed by atoms with Gasteiger partial charge in [-0.05, 0) is 12.3 Å². The molecule has 1 aromatic heterocycles. The Hall–Kier alpha value is -1.08. The van der Waals surface area contributed by atoms with Crippen LogP contribution in [0.3, 0.4) is 0 Å². The molecule has 8 heteroatoms. The molecule has 1 N–H and O–H groups in total. The molecule has 1 fully saturated rings. The molecule has 1 saturated heterocycles. The minimum absolute atomic E-state index is 0.107. The molecule has 0 spiro atoms. The van der Waals surface area contributed by atoms with Crippen LogP contribution in [0, 0.1) is 5.92 Å². The first-order chi connectivity index (χ1) is 8.82. The molecule has 2 heterocycles. The lowest BCUT2D eigenvalue weighted by molar-refractivity contribution is -0.144. The van der Waals surface area contributed by atoms with Gasteiger partial charge in [0.2, 0.25) is 5.82 Å². The SMILES string of the molecule is CC1CCN(c2cc(Cl)nc(C(F)(F)F)n2)C1CO. The van der Waals surface area contributed by atoms with Gasteiger partial charge in [-0.2, -0.15) is 13.2 Å². The third kappa shape index (κ3) is 2.92. The molecule has 106 valence electrons. The highest BCUT2D eigenvalue weighted by Gasteiger charge is 2.37. The minimum Gasteiger partial charge on any atom is -0.394 e. The smallest absolute Gasteiger partial charge is 0.394 e. The van der Waals surface area contributed by atoms with Crippen LogP contribution in [0.5, 0.6) is 0 Å². The van der Waals surface area contributed by atoms with Crippen molar-refractivity contribution in [3.8, 4) is 0 Å². The summed E-state index contributed by atoms with van der Waals surface area (Å²) in [6, 6.07) is 1.05. The van der Waals surface area contributed by atoms with E-state index in [1.165, 1.54) is 6.07 Å². The third-order valence-corrected chi connectivity index (χ3v) is 3.49. The highest BCUT2D eigenvalue weighted by atomic mass is 35.5. The maximum absolute atomic E-state index is 12.6. The van der Waals surface area contributed by atoms with Crippen LogP contribution in [0.15, 0.2) is 6.07 Å². The third-order valence-electron chi connectivity index (χ3n) is 3.30. The first-order valence-electron chi connectivity index (χ1n) is 5.82. The van der Waals surface area contributed by atoms with Crippen molar-refractivity contribution in [2.75, 3.05) is 18.1 Å². The Bertz CT molecular complexity index is 469. The predicted molar refractivity (Wildman–Crippen MR) is 64.0 cm³/mol. The molecule has 2 rings (SSSR count). The van der Waals surface area contributed by atoms with E-state index in [1.54, 1.807) is 4.90 Å². The number of rotatable bonds is 2. The van der Waals surface area contributed by atoms with E-state index >= 15 is 0 Å². The zero-order valence-electron chi connectivity index (χ0n) is 10.2. The summed E-state index contributed by atoms with van der Waals surface area (Å²) in [4.78, 5) is 8.35. The maximum atomic E-state index is 12.6. The van der Waals surface area contributed by atoms with Gasteiger partial charge in [0.25, 0.3) is 0 Å². The highest BCUT2D eigenvalue weighted by Crippen LogP contribution is 2.33. The highest BCUT2D eigenvalue weighted by molar-refractivity contribution is 6.29. The van der Waals surface area contributed by atoms with Crippen molar-refractivity contribution in [3.63, 3.8) is 0 Å². The summed E-state index contributed by atoms with van der Waals surface area (Å²) in [6.45, 7) is 2.34. The molecular weight excluding hydrogens is 283 g/mol. The van der Waals surface area contributed by atoms with Crippen LogP contribution < -0.4 is 4.90 Å². The second-order valence-corrected chi connectivity index (χ2v) is 4.97. The van der Waals surface area contributed by atoms with Gasteiger partial charge in [0, 0.05) is 12.6 Å². The van der Waals surface area contributed by atoms with Crippen LogP contribution in [-0.4, -0.2) is 34.3 Å². The largest absolute Gasteiger partial charge is 0.451 e. The van der Waals surface area contributed by atoms with Crippen molar-refractivity contribution in [1.82, 2.24) is 9.97 Å². The molecule has 1 aliphatic rings. The molecule has 0 bridgehead atoms. The van der Waals surface area contributed by atoms with E-state index in [1.807, 2.05) is 6.92 Å². The fraction of sp³-hybridized carbons (Fsp3) is 0.636. The van der Waals surface area contributed by atoms with E-state index in [9.17, 15) is 18.3 Å². The van der Waals surface area contributed by atoms with Crippen molar-refractivity contribution >= 4 is 17.4 Å². The Morgan fingerprint density at radius 3 is 2.74 bits per heavy atom. The standard InChI is InChI=1S/C11H13ClF3N3O/c1-6-2-3-18(7(6)5-19)9-4-8(12)16-10(17-9)11(13,14)15/h4,6-7,19H,2-3,5H2,1H3. The van der Waals surface area contributed by atoms with E-state index in [0.29, 0.717) is 6.54 Å². The van der Waals surface area contributed by atoms with Gasteiger partial charge in [0.1, 0.15) is 11.0 Å². The monoisotopic (exact) mass is 295 g/mol. The summed E-state index contributed by atoms with van der Waals surface area (Å²) >= 11 is 5.62. The summed E-state index contributed by atoms with van der Waals surface area (Å²) in [5, 5.41) is 9.07. The number of aliphatic hydroxyl groups excluding tert-OH is 1. The van der Waals surface area contributed by atoms with E-state index < -0.39 is 12.0 Å². The zero-order chi connectivity index (χ0) is 14.2. The molecule has 0 saturated carbocycles. The molecule has 1 aromatic rings. The lowest BCUT2D eigenvalue weighted by Gasteiger charge is -2.26. The number of alkyl halides is 3. The molecule has 4 nitrogen and oxygen atoms in total. The van der Waals surface area contributed by atoms with E-state index in [-0.39, 0.29) is 29.5 Å². The summed E-state index contributed by atoms with van der Waals surface area (Å²) in [6.07, 6.45) is -3.85. The first kappa shape index (κ1) is 14.3. The number of anilines is 1. The molecule has 2 atom stereocenters. The van der Waals surface area contributed by atoms with Crippen LogP contribution in [0.2, 0.25) is 5.15 Å². The number of halogens is 4. The second kappa shape index (κ2) is 5.13. The second-order valence-electron chi connectivity index (χ2n) is 4.58. The van der Waals surface area contributed by atoms with Gasteiger partial charge in [-0.1, -0.05) is 18.5 Å². The van der Waals surface area contributed by atoms with Crippen molar-refractivity contribution in [2.45, 2.75) is 25.6 Å². The van der Waals surface area contributed by atoms with E-state index in [4.69, 9.17) is 11.6 Å². The van der Waals surface area contributed by atoms with Crippen LogP contribution in [-0.2, 0) is 6.18 Å². The Kier molecular flexibility index (Phi) is 3.87. The molecule has 0 aliphatic carbocycles. The normalized spacial score (nSPS) is 24.0. The Morgan fingerprint density at radius 2 is 2.16 bits per heavy atom. The summed E-state index contributed by atoms with van der Waals surface area (Å²) in [5.74, 6) is -0.963. The molecule has 19 heavy (non-hydrogen) atoms.